The van der Waals surface area contributed by atoms with Gasteiger partial charge in [0.25, 0.3) is 5.91 Å². The minimum Gasteiger partial charge on any atom is -0.468 e. The molecule has 3 aromatic rings. The van der Waals surface area contributed by atoms with Crippen LogP contribution in [0.25, 0.3) is 5.69 Å². The molecule has 3 heterocycles. The van der Waals surface area contributed by atoms with E-state index >= 15 is 0 Å². The number of amides is 1. The molecule has 25 heavy (non-hydrogen) atoms. The Hall–Kier alpha value is -2.47. The van der Waals surface area contributed by atoms with E-state index in [1.807, 2.05) is 65.3 Å². The fourth-order valence-corrected chi connectivity index (χ4v) is 4.24. The van der Waals surface area contributed by atoms with E-state index in [1.165, 1.54) is 0 Å². The lowest BCUT2D eigenvalue weighted by atomic mass is 10.1. The highest BCUT2D eigenvalue weighted by Gasteiger charge is 2.24. The number of carbonyl (C=O) groups is 1. The molecule has 4 rings (SSSR count). The van der Waals surface area contributed by atoms with Crippen LogP contribution >= 0.6 is 11.8 Å². The minimum atomic E-state index is 0.0784. The normalized spacial score (nSPS) is 18.1. The molecule has 1 fully saturated rings. The first-order valence-electron chi connectivity index (χ1n) is 8.35. The molecular weight excluding hydrogens is 334 g/mol. The standard InChI is InChI=1S/C19H19N3O2S/c23-19(15-4-1-5-16(14-15)22-9-3-8-20-22)21-10-7-18(25-13-11-21)17-6-2-12-24-17/h1-6,8-9,12,14,18H,7,10-11,13H2. The van der Waals surface area contributed by atoms with E-state index in [4.69, 9.17) is 4.42 Å². The topological polar surface area (TPSA) is 51.3 Å². The van der Waals surface area contributed by atoms with Crippen LogP contribution < -0.4 is 0 Å². The molecule has 1 unspecified atom stereocenters. The average Bonchev–Trinajstić information content (AvgIpc) is 3.32. The number of rotatable bonds is 3. The number of benzene rings is 1. The Morgan fingerprint density at radius 1 is 1.20 bits per heavy atom. The van der Waals surface area contributed by atoms with Crippen LogP contribution in [0.4, 0.5) is 0 Å². The third-order valence-corrected chi connectivity index (χ3v) is 5.64. The molecule has 1 saturated heterocycles. The molecule has 0 aliphatic carbocycles. The molecular formula is C19H19N3O2S. The fourth-order valence-electron chi connectivity index (χ4n) is 3.06. The SMILES string of the molecule is O=C(c1cccc(-n2cccn2)c1)N1CCSC(c2ccco2)CC1. The van der Waals surface area contributed by atoms with E-state index in [0.29, 0.717) is 10.8 Å². The highest BCUT2D eigenvalue weighted by atomic mass is 32.2. The van der Waals surface area contributed by atoms with E-state index in [2.05, 4.69) is 5.10 Å². The smallest absolute Gasteiger partial charge is 0.253 e. The van der Waals surface area contributed by atoms with Crippen LogP contribution in [0.5, 0.6) is 0 Å². The summed E-state index contributed by atoms with van der Waals surface area (Å²) in [6.07, 6.45) is 6.22. The summed E-state index contributed by atoms with van der Waals surface area (Å²) in [5.41, 5.74) is 1.60. The van der Waals surface area contributed by atoms with Crippen molar-refractivity contribution in [1.29, 1.82) is 0 Å². The highest BCUT2D eigenvalue weighted by molar-refractivity contribution is 7.99. The molecule has 128 valence electrons. The summed E-state index contributed by atoms with van der Waals surface area (Å²) in [5, 5.41) is 4.55. The number of aromatic nitrogens is 2. The largest absolute Gasteiger partial charge is 0.468 e. The van der Waals surface area contributed by atoms with Crippen molar-refractivity contribution in [1.82, 2.24) is 14.7 Å². The summed E-state index contributed by atoms with van der Waals surface area (Å²) in [4.78, 5) is 14.9. The van der Waals surface area contributed by atoms with Gasteiger partial charge in [-0.1, -0.05) is 6.07 Å². The zero-order valence-corrected chi connectivity index (χ0v) is 14.6. The first-order chi connectivity index (χ1) is 12.3. The van der Waals surface area contributed by atoms with Crippen molar-refractivity contribution < 1.29 is 9.21 Å². The second kappa shape index (κ2) is 7.19. The van der Waals surface area contributed by atoms with Gasteiger partial charge in [-0.3, -0.25) is 4.79 Å². The van der Waals surface area contributed by atoms with Gasteiger partial charge in [-0.25, -0.2) is 4.68 Å². The van der Waals surface area contributed by atoms with Gasteiger partial charge < -0.3 is 9.32 Å². The van der Waals surface area contributed by atoms with Gasteiger partial charge >= 0.3 is 0 Å². The molecule has 1 aromatic carbocycles. The van der Waals surface area contributed by atoms with Gasteiger partial charge in [-0.2, -0.15) is 5.10 Å². The van der Waals surface area contributed by atoms with Crippen molar-refractivity contribution in [3.05, 3.63) is 72.4 Å². The number of thioether (sulfide) groups is 1. The number of carbonyl (C=O) groups excluding carboxylic acids is 1. The molecule has 6 heteroatoms. The lowest BCUT2D eigenvalue weighted by Gasteiger charge is -2.20. The third-order valence-electron chi connectivity index (χ3n) is 4.35. The number of furan rings is 1. The molecule has 1 aliphatic rings. The Balaban J connectivity index is 1.48. The van der Waals surface area contributed by atoms with Crippen LogP contribution in [-0.4, -0.2) is 39.4 Å². The van der Waals surface area contributed by atoms with E-state index in [-0.39, 0.29) is 5.91 Å². The van der Waals surface area contributed by atoms with Gasteiger partial charge in [0, 0.05) is 36.8 Å². The third kappa shape index (κ3) is 3.49. The van der Waals surface area contributed by atoms with E-state index in [9.17, 15) is 4.79 Å². The zero-order valence-electron chi connectivity index (χ0n) is 13.7. The molecule has 0 saturated carbocycles. The predicted octanol–water partition coefficient (Wildman–Crippen LogP) is 3.79. The summed E-state index contributed by atoms with van der Waals surface area (Å²) in [5.74, 6) is 1.99. The molecule has 5 nitrogen and oxygen atoms in total. The van der Waals surface area contributed by atoms with E-state index in [1.54, 1.807) is 17.1 Å². The maximum atomic E-state index is 12.9. The van der Waals surface area contributed by atoms with Crippen LogP contribution in [0.15, 0.2) is 65.5 Å². The fraction of sp³-hybridized carbons (Fsp3) is 0.263. The Morgan fingerprint density at radius 3 is 2.96 bits per heavy atom. The van der Waals surface area contributed by atoms with E-state index in [0.717, 1.165) is 36.7 Å². The monoisotopic (exact) mass is 353 g/mol. The van der Waals surface area contributed by atoms with Crippen LogP contribution in [-0.2, 0) is 0 Å². The van der Waals surface area contributed by atoms with Gasteiger partial charge in [-0.05, 0) is 42.8 Å². The highest BCUT2D eigenvalue weighted by Crippen LogP contribution is 2.34. The van der Waals surface area contributed by atoms with Crippen LogP contribution in [0.2, 0.25) is 0 Å². The van der Waals surface area contributed by atoms with E-state index < -0.39 is 0 Å². The second-order valence-corrected chi connectivity index (χ2v) is 7.27. The molecule has 1 atom stereocenters. The Bertz CT molecular complexity index is 830. The Kier molecular flexibility index (Phi) is 4.61. The van der Waals surface area contributed by atoms with Crippen LogP contribution in [0.3, 0.4) is 0 Å². The maximum Gasteiger partial charge on any atom is 0.253 e. The van der Waals surface area contributed by atoms with Crippen molar-refractivity contribution in [2.24, 2.45) is 0 Å². The summed E-state index contributed by atoms with van der Waals surface area (Å²) in [6.45, 7) is 1.50. The molecule has 1 amide bonds. The summed E-state index contributed by atoms with van der Waals surface area (Å²) < 4.78 is 7.30. The number of nitrogens with zero attached hydrogens (tertiary/aromatic N) is 3. The van der Waals surface area contributed by atoms with Crippen molar-refractivity contribution in [3.8, 4) is 5.69 Å². The summed E-state index contributed by atoms with van der Waals surface area (Å²) in [7, 11) is 0. The van der Waals surface area contributed by atoms with Gasteiger partial charge in [0.1, 0.15) is 5.76 Å². The minimum absolute atomic E-state index is 0.0784. The van der Waals surface area contributed by atoms with Crippen LogP contribution in [0, 0.1) is 0 Å². The predicted molar refractivity (Wildman–Crippen MR) is 98.0 cm³/mol. The van der Waals surface area contributed by atoms with Gasteiger partial charge in [-0.15, -0.1) is 11.8 Å². The Morgan fingerprint density at radius 2 is 2.16 bits per heavy atom. The van der Waals surface area contributed by atoms with Gasteiger partial charge in [0.2, 0.25) is 0 Å². The number of hydrogen-bond acceptors (Lipinski definition) is 4. The zero-order chi connectivity index (χ0) is 17.1. The average molecular weight is 353 g/mol. The van der Waals surface area contributed by atoms with Crippen molar-refractivity contribution >= 4 is 17.7 Å². The molecule has 1 aliphatic heterocycles. The molecule has 2 aromatic heterocycles. The summed E-state index contributed by atoms with van der Waals surface area (Å²) in [6, 6.07) is 13.4. The van der Waals surface area contributed by atoms with Gasteiger partial charge in [0.05, 0.1) is 17.2 Å². The second-order valence-electron chi connectivity index (χ2n) is 5.96. The van der Waals surface area contributed by atoms with Crippen LogP contribution in [0.1, 0.15) is 27.8 Å². The molecule has 0 radical (unpaired) electrons. The molecule has 0 N–H and O–H groups in total. The molecule has 0 spiro atoms. The molecule has 0 bridgehead atoms. The lowest BCUT2D eigenvalue weighted by Crippen LogP contribution is -2.33. The summed E-state index contributed by atoms with van der Waals surface area (Å²) >= 11 is 1.86. The van der Waals surface area contributed by atoms with Crippen molar-refractivity contribution in [2.45, 2.75) is 11.7 Å². The first kappa shape index (κ1) is 16.0. The quantitative estimate of drug-likeness (QED) is 0.719. The number of hydrogen-bond donors (Lipinski definition) is 0. The van der Waals surface area contributed by atoms with Crippen molar-refractivity contribution in [3.63, 3.8) is 0 Å². The first-order valence-corrected chi connectivity index (χ1v) is 9.40. The van der Waals surface area contributed by atoms with Gasteiger partial charge in [0.15, 0.2) is 0 Å². The maximum absolute atomic E-state index is 12.9. The van der Waals surface area contributed by atoms with Crippen molar-refractivity contribution in [2.75, 3.05) is 18.8 Å². The lowest BCUT2D eigenvalue weighted by molar-refractivity contribution is 0.0766. The Labute approximate surface area is 150 Å².